The van der Waals surface area contributed by atoms with Crippen LogP contribution < -0.4 is 21.3 Å². The first kappa shape index (κ1) is 48.2. The van der Waals surface area contributed by atoms with Crippen LogP contribution in [0, 0.1) is 0 Å². The fraction of sp³-hybridized carbons (Fsp3) is 0.780. The monoisotopic (exact) mass is 874 g/mol. The molecular weight excluding hydrogens is 809 g/mol. The largest absolute Gasteiger partial charge is 0.328 e. The van der Waals surface area contributed by atoms with Crippen molar-refractivity contribution in [1.82, 2.24) is 51.1 Å². The lowest BCUT2D eigenvalue weighted by molar-refractivity contribution is -0.171. The molecule has 8 fully saturated rings. The van der Waals surface area contributed by atoms with Crippen molar-refractivity contribution in [2.45, 2.75) is 152 Å². The molecule has 4 N–H and O–H groups in total. The molecule has 0 bridgehead atoms. The summed E-state index contributed by atoms with van der Waals surface area (Å²) >= 11 is 1.74. The molecule has 10 atom stereocenters. The minimum atomic E-state index is -0.497. The Morgan fingerprint density at radius 1 is 0.492 bits per heavy atom. The number of hydrogen-bond acceptors (Lipinski definition) is 15. The molecular formula is C41H66N10O9S. The lowest BCUT2D eigenvalue weighted by Crippen LogP contribution is -2.61. The van der Waals surface area contributed by atoms with Gasteiger partial charge in [-0.3, -0.25) is 53.2 Å². The number of likely N-dealkylation sites (N-methyl/N-ethyl adjacent to an activating group) is 4. The van der Waals surface area contributed by atoms with Gasteiger partial charge in [0.1, 0.15) is 18.1 Å². The van der Waals surface area contributed by atoms with Gasteiger partial charge in [0, 0.05) is 31.4 Å². The van der Waals surface area contributed by atoms with E-state index in [9.17, 15) is 43.2 Å². The molecule has 0 spiro atoms. The first-order valence-corrected chi connectivity index (χ1v) is 22.7. The van der Waals surface area contributed by atoms with E-state index in [1.54, 1.807) is 63.6 Å². The van der Waals surface area contributed by atoms with Gasteiger partial charge in [-0.25, -0.2) is 10.0 Å². The summed E-state index contributed by atoms with van der Waals surface area (Å²) in [5.74, 6) is 0.998. The summed E-state index contributed by atoms with van der Waals surface area (Å²) in [6.07, 6.45) is 7.98. The van der Waals surface area contributed by atoms with E-state index in [1.165, 1.54) is 16.9 Å². The zero-order valence-electron chi connectivity index (χ0n) is 36.9. The van der Waals surface area contributed by atoms with Crippen molar-refractivity contribution < 1.29 is 43.2 Å². The second-order valence-corrected chi connectivity index (χ2v) is 18.2. The number of hydrogen-bond donors (Lipinski definition) is 4. The van der Waals surface area contributed by atoms with Crippen molar-refractivity contribution in [2.24, 2.45) is 0 Å². The summed E-state index contributed by atoms with van der Waals surface area (Å²) < 4.78 is 0. The third kappa shape index (κ3) is 10.2. The van der Waals surface area contributed by atoms with Crippen LogP contribution in [0.4, 0.5) is 0 Å². The van der Waals surface area contributed by atoms with Gasteiger partial charge in [0.05, 0.1) is 42.0 Å². The molecule has 8 heterocycles. The number of nitrogens with one attached hydrogen (secondary N) is 4. The Kier molecular flexibility index (Phi) is 16.6. The fourth-order valence-corrected chi connectivity index (χ4v) is 11.3. The molecule has 0 aromatic rings. The van der Waals surface area contributed by atoms with E-state index in [4.69, 9.17) is 0 Å². The lowest BCUT2D eigenvalue weighted by Gasteiger charge is -2.38. The predicted octanol–water partition coefficient (Wildman–Crippen LogP) is -1.16. The Hall–Kier alpha value is -3.82. The van der Waals surface area contributed by atoms with Gasteiger partial charge in [0.2, 0.25) is 17.7 Å². The number of piperidine rings is 2. The highest BCUT2D eigenvalue weighted by atomic mass is 32.2. The highest BCUT2D eigenvalue weighted by molar-refractivity contribution is 8.00. The van der Waals surface area contributed by atoms with Gasteiger partial charge in [0.25, 0.3) is 11.8 Å². The molecule has 0 aromatic carbocycles. The highest BCUT2D eigenvalue weighted by Gasteiger charge is 2.48. The molecule has 0 radical (unpaired) electrons. The molecule has 8 aliphatic heterocycles. The SMILES string of the molecule is CNC1CC(=O)N2CCC(C(C)=O)N2C1=O.CNC1CCC2CCC(C(C)=O)N2C1=O.CNC1CCC2SCC(C(C)=O)N2C1=O.CNC1CCN2CCC(C(C)=O)N2C1=O. The Labute approximate surface area is 363 Å². The summed E-state index contributed by atoms with van der Waals surface area (Å²) in [4.78, 5) is 109. The molecule has 0 aliphatic carbocycles. The molecule has 0 saturated carbocycles. The van der Waals surface area contributed by atoms with Crippen molar-refractivity contribution in [2.75, 3.05) is 53.6 Å². The average Bonchev–Trinajstić information content (AvgIpc) is 4.05. The minimum absolute atomic E-state index is 0.0430. The molecule has 10 unspecified atom stereocenters. The normalized spacial score (nSPS) is 33.0. The van der Waals surface area contributed by atoms with E-state index in [1.807, 2.05) is 17.0 Å². The van der Waals surface area contributed by atoms with Crippen LogP contribution in [0.3, 0.4) is 0 Å². The molecule has 61 heavy (non-hydrogen) atoms. The van der Waals surface area contributed by atoms with Crippen LogP contribution in [0.2, 0.25) is 0 Å². The van der Waals surface area contributed by atoms with Crippen LogP contribution in [0.1, 0.15) is 91.9 Å². The van der Waals surface area contributed by atoms with Crippen molar-refractivity contribution in [3.05, 3.63) is 0 Å². The number of Topliss-reactive ketones (excluding diaryl/α,β-unsaturated/α-hetero) is 4. The molecule has 8 rings (SSSR count). The van der Waals surface area contributed by atoms with E-state index >= 15 is 0 Å². The Balaban J connectivity index is 0.000000154. The van der Waals surface area contributed by atoms with E-state index in [0.717, 1.165) is 70.2 Å². The minimum Gasteiger partial charge on any atom is -0.328 e. The third-order valence-electron chi connectivity index (χ3n) is 13.3. The molecule has 19 nitrogen and oxygen atoms in total. The fourth-order valence-electron chi connectivity index (χ4n) is 9.81. The highest BCUT2D eigenvalue weighted by Crippen LogP contribution is 2.37. The number of thioether (sulfide) groups is 1. The smallest absolute Gasteiger partial charge is 0.259 e. The van der Waals surface area contributed by atoms with E-state index in [0.29, 0.717) is 19.0 Å². The zero-order valence-corrected chi connectivity index (χ0v) is 37.8. The van der Waals surface area contributed by atoms with Gasteiger partial charge in [0.15, 0.2) is 23.1 Å². The second-order valence-electron chi connectivity index (χ2n) is 16.9. The number of fused-ring (bicyclic) bond motifs is 4. The molecule has 20 heteroatoms. The van der Waals surface area contributed by atoms with Crippen LogP contribution in [0.15, 0.2) is 0 Å². The maximum atomic E-state index is 12.1. The summed E-state index contributed by atoms with van der Waals surface area (Å²) in [7, 11) is 7.04. The van der Waals surface area contributed by atoms with Gasteiger partial charge >= 0.3 is 0 Å². The van der Waals surface area contributed by atoms with Crippen LogP contribution in [-0.2, 0) is 43.2 Å². The van der Waals surface area contributed by atoms with Gasteiger partial charge in [-0.15, -0.1) is 11.8 Å². The molecule has 5 amide bonds. The maximum absolute atomic E-state index is 12.1. The van der Waals surface area contributed by atoms with Gasteiger partial charge in [-0.2, -0.15) is 0 Å². The number of amides is 5. The molecule has 8 saturated heterocycles. The summed E-state index contributed by atoms with van der Waals surface area (Å²) in [5.41, 5.74) is 0. The van der Waals surface area contributed by atoms with Gasteiger partial charge < -0.3 is 31.1 Å². The van der Waals surface area contributed by atoms with Gasteiger partial charge in [-0.05, 0) is 114 Å². The van der Waals surface area contributed by atoms with E-state index in [-0.39, 0.29) is 101 Å². The third-order valence-corrected chi connectivity index (χ3v) is 14.6. The lowest BCUT2D eigenvalue weighted by atomic mass is 9.98. The quantitative estimate of drug-likeness (QED) is 0.226. The Morgan fingerprint density at radius 3 is 1.54 bits per heavy atom. The number of hydrazine groups is 2. The summed E-state index contributed by atoms with van der Waals surface area (Å²) in [5, 5.41) is 18.5. The molecule has 8 aliphatic rings. The second kappa shape index (κ2) is 21.0. The first-order chi connectivity index (χ1) is 29.0. The van der Waals surface area contributed by atoms with Crippen LogP contribution in [-0.4, -0.2) is 196 Å². The topological polar surface area (TPSA) is 221 Å². The zero-order chi connectivity index (χ0) is 44.9. The standard InChI is InChI=1S/C11H18N2O2.C10H15N3O3.C10H17N3O2.C10H16N2O2S/c1-7(14)10-6-4-8-3-5-9(12-2)11(15)13(8)10;1-6(14)8-3-4-12-9(15)5-7(11-2)10(16)13(8)12;1-7(14)9-4-6-12-5-3-8(11-2)10(15)13(9)12;1-6(13)8-5-15-9-4-3-7(11-2)10(14)12(8)9/h8-10,12H,3-6H2,1-2H3;7-8,11H,3-5H2,1-2H3;8-9,11H,3-6H2,1-2H3;7-9,11H,3-5H2,1-2H3. The van der Waals surface area contributed by atoms with E-state index in [2.05, 4.69) is 21.3 Å². The predicted molar refractivity (Wildman–Crippen MR) is 226 cm³/mol. The van der Waals surface area contributed by atoms with Crippen LogP contribution in [0.25, 0.3) is 0 Å². The van der Waals surface area contributed by atoms with Crippen LogP contribution in [0.5, 0.6) is 0 Å². The number of rotatable bonds is 8. The Morgan fingerprint density at radius 2 is 0.967 bits per heavy atom. The average molecular weight is 875 g/mol. The van der Waals surface area contributed by atoms with Crippen molar-refractivity contribution >= 4 is 64.4 Å². The van der Waals surface area contributed by atoms with Crippen molar-refractivity contribution in [1.29, 1.82) is 0 Å². The first-order valence-electron chi connectivity index (χ1n) is 21.7. The van der Waals surface area contributed by atoms with Crippen molar-refractivity contribution in [3.8, 4) is 0 Å². The van der Waals surface area contributed by atoms with Gasteiger partial charge in [-0.1, -0.05) is 0 Å². The van der Waals surface area contributed by atoms with Crippen molar-refractivity contribution in [3.63, 3.8) is 0 Å². The number of carbonyl (C=O) groups excluding carboxylic acids is 9. The summed E-state index contributed by atoms with van der Waals surface area (Å²) in [6, 6.07) is -1.52. The molecule has 0 aromatic heterocycles. The number of ketones is 4. The van der Waals surface area contributed by atoms with E-state index < -0.39 is 12.1 Å². The number of nitrogens with zero attached hydrogens (tertiary/aromatic N) is 6. The molecule has 340 valence electrons. The summed E-state index contributed by atoms with van der Waals surface area (Å²) in [6.45, 7) is 8.32. The Bertz CT molecular complexity index is 1570. The van der Waals surface area contributed by atoms with Crippen LogP contribution >= 0.6 is 11.8 Å². The number of carbonyl (C=O) groups is 9. The maximum Gasteiger partial charge on any atom is 0.259 e.